The minimum atomic E-state index is 0.158. The third kappa shape index (κ3) is 2.83. The van der Waals surface area contributed by atoms with E-state index in [4.69, 9.17) is 9.94 Å². The van der Waals surface area contributed by atoms with Crippen molar-refractivity contribution in [3.8, 4) is 0 Å². The Labute approximate surface area is 103 Å². The molecule has 7 nitrogen and oxygen atoms in total. The van der Waals surface area contributed by atoms with Crippen LogP contribution in [0.5, 0.6) is 0 Å². The molecule has 0 aliphatic carbocycles. The summed E-state index contributed by atoms with van der Waals surface area (Å²) in [5.74, 6) is 0.158. The highest BCUT2D eigenvalue weighted by Gasteiger charge is 2.09. The van der Waals surface area contributed by atoms with Gasteiger partial charge in [0.15, 0.2) is 5.69 Å². The second kappa shape index (κ2) is 5.78. The molecule has 2 N–H and O–H groups in total. The van der Waals surface area contributed by atoms with Gasteiger partial charge in [-0.25, -0.2) is 4.63 Å². The number of hydrogen-bond acceptors (Lipinski definition) is 6. The molecule has 18 heavy (non-hydrogen) atoms. The van der Waals surface area contributed by atoms with Crippen LogP contribution in [0.1, 0.15) is 11.3 Å². The predicted molar refractivity (Wildman–Crippen MR) is 63.4 cm³/mol. The summed E-state index contributed by atoms with van der Waals surface area (Å²) in [6, 6.07) is 7.51. The standard InChI is InChI=1S/C11H12N4O3/c1-17-7-8-3-2-4-9(5-8)13-11(14-16)10-6-12-18-15-10/h2-6,16H,7H2,1H3,(H,13,14). The molecule has 0 aliphatic heterocycles. The second-order valence-electron chi connectivity index (χ2n) is 3.50. The van der Waals surface area contributed by atoms with Crippen LogP contribution in [0.25, 0.3) is 0 Å². The fourth-order valence-electron chi connectivity index (χ4n) is 1.45. The Balaban J connectivity index is 2.15. The minimum absolute atomic E-state index is 0.158. The molecule has 0 amide bonds. The minimum Gasteiger partial charge on any atom is -0.409 e. The lowest BCUT2D eigenvalue weighted by molar-refractivity contribution is 0.185. The van der Waals surface area contributed by atoms with Gasteiger partial charge in [-0.3, -0.25) is 0 Å². The van der Waals surface area contributed by atoms with Crippen LogP contribution in [0.3, 0.4) is 0 Å². The van der Waals surface area contributed by atoms with E-state index < -0.39 is 0 Å². The van der Waals surface area contributed by atoms with Crippen molar-refractivity contribution in [3.05, 3.63) is 41.7 Å². The smallest absolute Gasteiger partial charge is 0.201 e. The molecule has 7 heteroatoms. The van der Waals surface area contributed by atoms with Gasteiger partial charge in [0.25, 0.3) is 0 Å². The zero-order valence-corrected chi connectivity index (χ0v) is 9.70. The zero-order valence-electron chi connectivity index (χ0n) is 9.70. The van der Waals surface area contributed by atoms with Gasteiger partial charge in [0.05, 0.1) is 6.61 Å². The average Bonchev–Trinajstić information content (AvgIpc) is 2.90. The van der Waals surface area contributed by atoms with Crippen LogP contribution in [0.15, 0.2) is 40.2 Å². The summed E-state index contributed by atoms with van der Waals surface area (Å²) >= 11 is 0. The quantitative estimate of drug-likeness (QED) is 0.368. The topological polar surface area (TPSA) is 92.8 Å². The zero-order chi connectivity index (χ0) is 12.8. The Morgan fingerprint density at radius 1 is 1.56 bits per heavy atom. The van der Waals surface area contributed by atoms with Gasteiger partial charge >= 0.3 is 0 Å². The average molecular weight is 248 g/mol. The van der Waals surface area contributed by atoms with Crippen molar-refractivity contribution < 1.29 is 14.6 Å². The Bertz CT molecular complexity index is 525. The van der Waals surface area contributed by atoms with E-state index >= 15 is 0 Å². The van der Waals surface area contributed by atoms with Crippen LogP contribution < -0.4 is 5.32 Å². The Morgan fingerprint density at radius 2 is 2.44 bits per heavy atom. The number of oxime groups is 1. The number of anilines is 1. The maximum atomic E-state index is 8.92. The number of hydrogen-bond donors (Lipinski definition) is 2. The first kappa shape index (κ1) is 12.1. The molecule has 0 spiro atoms. The van der Waals surface area contributed by atoms with Crippen LogP contribution in [0, 0.1) is 0 Å². The summed E-state index contributed by atoms with van der Waals surface area (Å²) in [6.45, 7) is 0.507. The highest BCUT2D eigenvalue weighted by atomic mass is 16.6. The lowest BCUT2D eigenvalue weighted by Gasteiger charge is -2.07. The van der Waals surface area contributed by atoms with Crippen molar-refractivity contribution >= 4 is 11.5 Å². The molecule has 0 unspecified atom stereocenters. The molecule has 0 bridgehead atoms. The first-order valence-electron chi connectivity index (χ1n) is 5.18. The summed E-state index contributed by atoms with van der Waals surface area (Å²) in [5, 5.41) is 22.0. The third-order valence-electron chi connectivity index (χ3n) is 2.20. The van der Waals surface area contributed by atoms with E-state index in [0.29, 0.717) is 12.3 Å². The monoisotopic (exact) mass is 248 g/mol. The van der Waals surface area contributed by atoms with Crippen molar-refractivity contribution in [1.82, 2.24) is 10.3 Å². The molecule has 1 aromatic heterocycles. The summed E-state index contributed by atoms with van der Waals surface area (Å²) in [7, 11) is 1.63. The molecule has 0 aliphatic rings. The van der Waals surface area contributed by atoms with Crippen LogP contribution in [0.4, 0.5) is 5.69 Å². The predicted octanol–water partition coefficient (Wildman–Crippen LogP) is 1.46. The van der Waals surface area contributed by atoms with Gasteiger partial charge < -0.3 is 15.3 Å². The summed E-state index contributed by atoms with van der Waals surface area (Å²) in [5.41, 5.74) is 2.06. The van der Waals surface area contributed by atoms with E-state index in [2.05, 4.69) is 25.4 Å². The number of ether oxygens (including phenoxy) is 1. The Hall–Kier alpha value is -2.41. The molecule has 94 valence electrons. The molecular weight excluding hydrogens is 236 g/mol. The number of nitrogens with one attached hydrogen (secondary N) is 1. The van der Waals surface area contributed by atoms with Crippen molar-refractivity contribution in [1.29, 1.82) is 0 Å². The number of rotatable bonds is 4. The molecular formula is C11H12N4O3. The second-order valence-corrected chi connectivity index (χ2v) is 3.50. The summed E-state index contributed by atoms with van der Waals surface area (Å²) < 4.78 is 9.49. The largest absolute Gasteiger partial charge is 0.409 e. The molecule has 0 saturated carbocycles. The van der Waals surface area contributed by atoms with Crippen LogP contribution >= 0.6 is 0 Å². The number of methoxy groups -OCH3 is 1. The molecule has 1 heterocycles. The van der Waals surface area contributed by atoms with Crippen LogP contribution in [-0.4, -0.2) is 28.5 Å². The van der Waals surface area contributed by atoms with Crippen molar-refractivity contribution in [2.45, 2.75) is 6.61 Å². The first-order valence-corrected chi connectivity index (χ1v) is 5.18. The molecule has 2 aromatic rings. The number of amidine groups is 1. The lowest BCUT2D eigenvalue weighted by atomic mass is 10.2. The maximum Gasteiger partial charge on any atom is 0.201 e. The van der Waals surface area contributed by atoms with E-state index in [9.17, 15) is 0 Å². The van der Waals surface area contributed by atoms with E-state index in [1.165, 1.54) is 6.20 Å². The molecule has 0 radical (unpaired) electrons. The Morgan fingerprint density at radius 3 is 3.11 bits per heavy atom. The van der Waals surface area contributed by atoms with Gasteiger partial charge in [-0.05, 0) is 22.9 Å². The number of benzene rings is 1. The number of nitrogens with zero attached hydrogens (tertiary/aromatic N) is 3. The van der Waals surface area contributed by atoms with Crippen LogP contribution in [0.2, 0.25) is 0 Å². The fraction of sp³-hybridized carbons (Fsp3) is 0.182. The van der Waals surface area contributed by atoms with Crippen molar-refractivity contribution in [2.24, 2.45) is 5.16 Å². The molecule has 0 saturated heterocycles. The molecule has 0 fully saturated rings. The maximum absolute atomic E-state index is 8.92. The summed E-state index contributed by atoms with van der Waals surface area (Å²) in [6.07, 6.45) is 1.35. The molecule has 0 atom stereocenters. The number of aromatic nitrogens is 2. The van der Waals surface area contributed by atoms with Crippen molar-refractivity contribution in [2.75, 3.05) is 12.4 Å². The van der Waals surface area contributed by atoms with Gasteiger partial charge in [0.2, 0.25) is 5.84 Å². The van der Waals surface area contributed by atoms with Crippen molar-refractivity contribution in [3.63, 3.8) is 0 Å². The third-order valence-corrected chi connectivity index (χ3v) is 2.20. The van der Waals surface area contributed by atoms with E-state index in [1.54, 1.807) is 7.11 Å². The molecule has 1 aromatic carbocycles. The summed E-state index contributed by atoms with van der Waals surface area (Å²) in [4.78, 5) is 0. The van der Waals surface area contributed by atoms with Gasteiger partial charge in [-0.2, -0.15) is 0 Å². The lowest BCUT2D eigenvalue weighted by Crippen LogP contribution is -2.14. The first-order chi connectivity index (χ1) is 8.83. The SMILES string of the molecule is COCc1cccc(NC(=NO)c2cnon2)c1. The van der Waals surface area contributed by atoms with Gasteiger partial charge in [-0.1, -0.05) is 22.4 Å². The highest BCUT2D eigenvalue weighted by molar-refractivity contribution is 6.06. The van der Waals surface area contributed by atoms with Crippen LogP contribution in [-0.2, 0) is 11.3 Å². The van der Waals surface area contributed by atoms with Gasteiger partial charge in [0, 0.05) is 12.8 Å². The highest BCUT2D eigenvalue weighted by Crippen LogP contribution is 2.12. The normalized spacial score (nSPS) is 11.5. The van der Waals surface area contributed by atoms with E-state index in [-0.39, 0.29) is 5.84 Å². The van der Waals surface area contributed by atoms with Gasteiger partial charge in [0.1, 0.15) is 6.20 Å². The van der Waals surface area contributed by atoms with Gasteiger partial charge in [-0.15, -0.1) is 0 Å². The Kier molecular flexibility index (Phi) is 3.87. The van der Waals surface area contributed by atoms with E-state index in [1.807, 2.05) is 24.3 Å². The van der Waals surface area contributed by atoms with E-state index in [0.717, 1.165) is 11.3 Å². The fourth-order valence-corrected chi connectivity index (χ4v) is 1.45. The molecule has 2 rings (SSSR count).